The van der Waals surface area contributed by atoms with Crippen LogP contribution in [0.5, 0.6) is 0 Å². The van der Waals surface area contributed by atoms with Gasteiger partial charge >= 0.3 is 0 Å². The molecule has 1 N–H and O–H groups in total. The number of benzene rings is 1. The van der Waals surface area contributed by atoms with E-state index in [4.69, 9.17) is 0 Å². The number of nitrogens with zero attached hydrogens (tertiary/aromatic N) is 2. The zero-order valence-electron chi connectivity index (χ0n) is 11.7. The van der Waals surface area contributed by atoms with Crippen molar-refractivity contribution in [2.45, 2.75) is 19.4 Å². The molecule has 3 rings (SSSR count). The lowest BCUT2D eigenvalue weighted by molar-refractivity contribution is -0.119. The minimum atomic E-state index is -0.228. The SMILES string of the molecule is CC1CN(CC(=O)N2CCc3cc(F)ccc32)CCN1. The standard InChI is InChI=1S/C15H20FN3O/c1-11-9-18(7-5-17-11)10-15(20)19-6-4-12-8-13(16)2-3-14(12)19/h2-3,8,11,17H,4-7,9-10H2,1H3. The van der Waals surface area contributed by atoms with E-state index in [-0.39, 0.29) is 11.7 Å². The lowest BCUT2D eigenvalue weighted by Gasteiger charge is -2.32. The van der Waals surface area contributed by atoms with Crippen LogP contribution in [-0.4, -0.2) is 49.6 Å². The molecule has 1 aromatic carbocycles. The molecule has 4 nitrogen and oxygen atoms in total. The summed E-state index contributed by atoms with van der Waals surface area (Å²) in [5.74, 6) is -0.113. The Balaban J connectivity index is 1.67. The monoisotopic (exact) mass is 277 g/mol. The van der Waals surface area contributed by atoms with Crippen LogP contribution in [-0.2, 0) is 11.2 Å². The van der Waals surface area contributed by atoms with Crippen molar-refractivity contribution in [3.05, 3.63) is 29.6 Å². The van der Waals surface area contributed by atoms with Crippen LogP contribution < -0.4 is 10.2 Å². The number of hydrogen-bond donors (Lipinski definition) is 1. The van der Waals surface area contributed by atoms with E-state index in [0.29, 0.717) is 19.1 Å². The van der Waals surface area contributed by atoms with Gasteiger partial charge in [-0.2, -0.15) is 0 Å². The van der Waals surface area contributed by atoms with Crippen molar-refractivity contribution in [2.75, 3.05) is 37.6 Å². The molecule has 1 aromatic rings. The van der Waals surface area contributed by atoms with Crippen molar-refractivity contribution < 1.29 is 9.18 Å². The second kappa shape index (κ2) is 5.50. The molecule has 0 spiro atoms. The highest BCUT2D eigenvalue weighted by Crippen LogP contribution is 2.28. The van der Waals surface area contributed by atoms with E-state index >= 15 is 0 Å². The molecule has 20 heavy (non-hydrogen) atoms. The van der Waals surface area contributed by atoms with E-state index in [9.17, 15) is 9.18 Å². The Kier molecular flexibility index (Phi) is 3.72. The highest BCUT2D eigenvalue weighted by atomic mass is 19.1. The van der Waals surface area contributed by atoms with Crippen LogP contribution in [0.15, 0.2) is 18.2 Å². The molecule has 0 aliphatic carbocycles. The van der Waals surface area contributed by atoms with Gasteiger partial charge in [-0.1, -0.05) is 0 Å². The van der Waals surface area contributed by atoms with Crippen molar-refractivity contribution in [3.8, 4) is 0 Å². The molecule has 0 radical (unpaired) electrons. The van der Waals surface area contributed by atoms with Gasteiger partial charge in [-0.05, 0) is 37.1 Å². The van der Waals surface area contributed by atoms with Gasteiger partial charge in [0, 0.05) is 37.9 Å². The van der Waals surface area contributed by atoms with Crippen LogP contribution in [0.25, 0.3) is 0 Å². The van der Waals surface area contributed by atoms with Gasteiger partial charge in [-0.3, -0.25) is 9.69 Å². The Labute approximate surface area is 118 Å². The first-order valence-electron chi connectivity index (χ1n) is 7.18. The molecule has 1 amide bonds. The van der Waals surface area contributed by atoms with Crippen LogP contribution in [0.4, 0.5) is 10.1 Å². The highest BCUT2D eigenvalue weighted by Gasteiger charge is 2.27. The smallest absolute Gasteiger partial charge is 0.241 e. The number of carbonyl (C=O) groups is 1. The topological polar surface area (TPSA) is 35.6 Å². The number of amides is 1. The maximum atomic E-state index is 13.2. The maximum Gasteiger partial charge on any atom is 0.241 e. The van der Waals surface area contributed by atoms with Crippen molar-refractivity contribution >= 4 is 11.6 Å². The molecule has 1 saturated heterocycles. The van der Waals surface area contributed by atoms with E-state index in [1.54, 1.807) is 11.0 Å². The number of carbonyl (C=O) groups excluding carboxylic acids is 1. The van der Waals surface area contributed by atoms with E-state index in [1.165, 1.54) is 12.1 Å². The van der Waals surface area contributed by atoms with Gasteiger partial charge in [-0.15, -0.1) is 0 Å². The Hall–Kier alpha value is -1.46. The summed E-state index contributed by atoms with van der Waals surface area (Å²) in [6.07, 6.45) is 0.747. The van der Waals surface area contributed by atoms with Crippen molar-refractivity contribution in [1.82, 2.24) is 10.2 Å². The second-order valence-corrected chi connectivity index (χ2v) is 5.66. The van der Waals surface area contributed by atoms with E-state index < -0.39 is 0 Å². The number of anilines is 1. The summed E-state index contributed by atoms with van der Waals surface area (Å²) in [4.78, 5) is 16.4. The van der Waals surface area contributed by atoms with Crippen LogP contribution in [0, 0.1) is 5.82 Å². The molecular weight excluding hydrogens is 257 g/mol. The lowest BCUT2D eigenvalue weighted by atomic mass is 10.1. The van der Waals surface area contributed by atoms with Crippen molar-refractivity contribution in [2.24, 2.45) is 0 Å². The molecule has 0 bridgehead atoms. The van der Waals surface area contributed by atoms with Gasteiger partial charge in [-0.25, -0.2) is 4.39 Å². The summed E-state index contributed by atoms with van der Waals surface area (Å²) in [7, 11) is 0. The average Bonchev–Trinajstić information content (AvgIpc) is 2.81. The fourth-order valence-corrected chi connectivity index (χ4v) is 3.06. The fourth-order valence-electron chi connectivity index (χ4n) is 3.06. The molecule has 2 aliphatic rings. The predicted molar refractivity (Wildman–Crippen MR) is 76.4 cm³/mol. The minimum Gasteiger partial charge on any atom is -0.312 e. The van der Waals surface area contributed by atoms with Gasteiger partial charge in [0.15, 0.2) is 0 Å². The Morgan fingerprint density at radius 1 is 1.45 bits per heavy atom. The quantitative estimate of drug-likeness (QED) is 0.876. The summed E-state index contributed by atoms with van der Waals surface area (Å²) in [5, 5.41) is 3.37. The first-order chi connectivity index (χ1) is 9.63. The first kappa shape index (κ1) is 13.5. The Morgan fingerprint density at radius 2 is 2.30 bits per heavy atom. The lowest BCUT2D eigenvalue weighted by Crippen LogP contribution is -2.52. The van der Waals surface area contributed by atoms with Gasteiger partial charge in [0.05, 0.1) is 6.54 Å². The maximum absolute atomic E-state index is 13.2. The third-order valence-electron chi connectivity index (χ3n) is 4.05. The third-order valence-corrected chi connectivity index (χ3v) is 4.05. The highest BCUT2D eigenvalue weighted by molar-refractivity contribution is 5.96. The van der Waals surface area contributed by atoms with Gasteiger partial charge < -0.3 is 10.2 Å². The zero-order chi connectivity index (χ0) is 14.1. The number of halogens is 1. The molecule has 108 valence electrons. The number of piperazine rings is 1. The van der Waals surface area contributed by atoms with E-state index in [2.05, 4.69) is 17.1 Å². The Bertz CT molecular complexity index is 520. The molecule has 1 fully saturated rings. The predicted octanol–water partition coefficient (Wildman–Crippen LogP) is 1.01. The summed E-state index contributed by atoms with van der Waals surface area (Å²) >= 11 is 0. The largest absolute Gasteiger partial charge is 0.312 e. The number of rotatable bonds is 2. The van der Waals surface area contributed by atoms with Crippen LogP contribution in [0.1, 0.15) is 12.5 Å². The molecule has 0 aromatic heterocycles. The van der Waals surface area contributed by atoms with E-state index in [0.717, 1.165) is 37.3 Å². The number of hydrogen-bond acceptors (Lipinski definition) is 3. The van der Waals surface area contributed by atoms with Gasteiger partial charge in [0.1, 0.15) is 5.82 Å². The molecule has 1 atom stereocenters. The zero-order valence-corrected chi connectivity index (χ0v) is 11.7. The first-order valence-corrected chi connectivity index (χ1v) is 7.18. The van der Waals surface area contributed by atoms with Crippen molar-refractivity contribution in [3.63, 3.8) is 0 Å². The number of fused-ring (bicyclic) bond motifs is 1. The van der Waals surface area contributed by atoms with Crippen molar-refractivity contribution in [1.29, 1.82) is 0 Å². The van der Waals surface area contributed by atoms with E-state index in [1.807, 2.05) is 0 Å². The number of nitrogens with one attached hydrogen (secondary N) is 1. The molecular formula is C15H20FN3O. The summed E-state index contributed by atoms with van der Waals surface area (Å²) in [6.45, 7) is 5.97. The fraction of sp³-hybridized carbons (Fsp3) is 0.533. The molecule has 0 saturated carbocycles. The van der Waals surface area contributed by atoms with Crippen LogP contribution in [0.2, 0.25) is 0 Å². The minimum absolute atomic E-state index is 0.115. The van der Waals surface area contributed by atoms with Crippen LogP contribution in [0.3, 0.4) is 0 Å². The average molecular weight is 277 g/mol. The Morgan fingerprint density at radius 3 is 3.10 bits per heavy atom. The summed E-state index contributed by atoms with van der Waals surface area (Å²) in [6, 6.07) is 5.11. The second-order valence-electron chi connectivity index (χ2n) is 5.66. The molecule has 5 heteroatoms. The summed E-state index contributed by atoms with van der Waals surface area (Å²) < 4.78 is 13.2. The molecule has 2 aliphatic heterocycles. The molecule has 1 unspecified atom stereocenters. The molecule has 2 heterocycles. The van der Waals surface area contributed by atoms with Gasteiger partial charge in [0.2, 0.25) is 5.91 Å². The summed E-state index contributed by atoms with van der Waals surface area (Å²) in [5.41, 5.74) is 1.81. The van der Waals surface area contributed by atoms with Crippen LogP contribution >= 0.6 is 0 Å². The third kappa shape index (κ3) is 2.69. The van der Waals surface area contributed by atoms with Gasteiger partial charge in [0.25, 0.3) is 0 Å². The normalized spacial score (nSPS) is 22.9.